The van der Waals surface area contributed by atoms with E-state index in [9.17, 15) is 9.18 Å². The molecule has 0 aliphatic heterocycles. The van der Waals surface area contributed by atoms with E-state index in [1.807, 2.05) is 41.0 Å². The van der Waals surface area contributed by atoms with Crippen LogP contribution in [0.5, 0.6) is 0 Å². The van der Waals surface area contributed by atoms with Gasteiger partial charge in [-0.3, -0.25) is 9.36 Å². The third-order valence-corrected chi connectivity index (χ3v) is 5.88. The van der Waals surface area contributed by atoms with Crippen LogP contribution in [-0.2, 0) is 12.4 Å². The van der Waals surface area contributed by atoms with Gasteiger partial charge in [0.1, 0.15) is 11.3 Å². The van der Waals surface area contributed by atoms with Crippen LogP contribution >= 0.6 is 11.8 Å². The van der Waals surface area contributed by atoms with E-state index in [2.05, 4.69) is 20.5 Å². The summed E-state index contributed by atoms with van der Waals surface area (Å²) in [6.45, 7) is 0.529. The Bertz CT molecular complexity index is 1430. The van der Waals surface area contributed by atoms with Crippen molar-refractivity contribution in [2.75, 3.05) is 0 Å². The summed E-state index contributed by atoms with van der Waals surface area (Å²) >= 11 is 1.34. The van der Waals surface area contributed by atoms with Gasteiger partial charge in [0.15, 0.2) is 11.0 Å². The summed E-state index contributed by atoms with van der Waals surface area (Å²) in [5.74, 6) is 0.535. The fraction of sp³-hybridized carbons (Fsp3) is 0.0870. The molecule has 158 valence electrons. The number of halogens is 1. The van der Waals surface area contributed by atoms with Crippen molar-refractivity contribution in [2.24, 2.45) is 0 Å². The highest BCUT2D eigenvalue weighted by atomic mass is 32.2. The predicted molar refractivity (Wildman–Crippen MR) is 121 cm³/mol. The molecule has 2 aromatic heterocycles. The molecule has 0 amide bonds. The fourth-order valence-corrected chi connectivity index (χ4v) is 4.16. The lowest BCUT2D eigenvalue weighted by atomic mass is 10.2. The topological polar surface area (TPSA) is 78.5 Å². The highest BCUT2D eigenvalue weighted by Gasteiger charge is 2.16. The van der Waals surface area contributed by atoms with Gasteiger partial charge in [-0.2, -0.15) is 4.68 Å². The molecule has 0 aliphatic carbocycles. The van der Waals surface area contributed by atoms with E-state index < -0.39 is 0 Å². The normalized spacial score (nSPS) is 11.2. The van der Waals surface area contributed by atoms with Gasteiger partial charge in [0, 0.05) is 5.56 Å². The zero-order valence-electron chi connectivity index (χ0n) is 16.8. The van der Waals surface area contributed by atoms with Crippen molar-refractivity contribution in [1.82, 2.24) is 29.8 Å². The largest absolute Gasteiger partial charge is 0.297 e. The van der Waals surface area contributed by atoms with Crippen molar-refractivity contribution < 1.29 is 4.39 Å². The lowest BCUT2D eigenvalue weighted by Gasteiger charge is -2.11. The minimum Gasteiger partial charge on any atom is -0.297 e. The van der Waals surface area contributed by atoms with Gasteiger partial charge in [0.2, 0.25) is 0 Å². The SMILES string of the molecule is O=c1c2ccccc2nnn1CSc1nnc(-c2ccc(F)cc2)n1Cc1ccccc1. The standard InChI is InChI=1S/C23H17FN6OS/c24-18-12-10-17(11-13-18)21-26-27-23(29(21)14-16-6-2-1-3-7-16)32-15-30-22(31)19-8-4-5-9-20(19)25-28-30/h1-13H,14-15H2. The minimum absolute atomic E-state index is 0.212. The molecule has 0 fully saturated rings. The van der Waals surface area contributed by atoms with E-state index >= 15 is 0 Å². The number of hydrogen-bond donors (Lipinski definition) is 0. The molecule has 0 saturated heterocycles. The fourth-order valence-electron chi connectivity index (χ4n) is 3.34. The molecule has 0 aliphatic rings. The Morgan fingerprint density at radius 2 is 1.59 bits per heavy atom. The monoisotopic (exact) mass is 444 g/mol. The van der Waals surface area contributed by atoms with Gasteiger partial charge in [-0.05, 0) is 42.0 Å². The van der Waals surface area contributed by atoms with Crippen LogP contribution in [0.25, 0.3) is 22.3 Å². The molecule has 3 aromatic carbocycles. The van der Waals surface area contributed by atoms with E-state index in [1.165, 1.54) is 28.6 Å². The Hall–Kier alpha value is -3.85. The van der Waals surface area contributed by atoms with E-state index in [1.54, 1.807) is 30.3 Å². The van der Waals surface area contributed by atoms with Gasteiger partial charge in [-0.1, -0.05) is 59.4 Å². The second-order valence-corrected chi connectivity index (χ2v) is 7.98. The maximum absolute atomic E-state index is 13.4. The van der Waals surface area contributed by atoms with Crippen LogP contribution in [0.1, 0.15) is 5.56 Å². The number of thioether (sulfide) groups is 1. The Balaban J connectivity index is 1.49. The molecule has 0 radical (unpaired) electrons. The summed E-state index contributed by atoms with van der Waals surface area (Å²) in [7, 11) is 0. The van der Waals surface area contributed by atoms with Crippen LogP contribution in [-0.4, -0.2) is 29.8 Å². The summed E-state index contributed by atoms with van der Waals surface area (Å²) in [5.41, 5.74) is 2.17. The second kappa shape index (κ2) is 8.72. The summed E-state index contributed by atoms with van der Waals surface area (Å²) in [4.78, 5) is 12.8. The van der Waals surface area contributed by atoms with Crippen molar-refractivity contribution in [1.29, 1.82) is 0 Å². The van der Waals surface area contributed by atoms with Crippen LogP contribution < -0.4 is 5.56 Å². The first-order chi connectivity index (χ1) is 15.7. The van der Waals surface area contributed by atoms with Gasteiger partial charge < -0.3 is 0 Å². The average Bonchev–Trinajstić information content (AvgIpc) is 3.22. The molecule has 9 heteroatoms. The van der Waals surface area contributed by atoms with Gasteiger partial charge in [-0.15, -0.1) is 15.3 Å². The number of nitrogens with zero attached hydrogens (tertiary/aromatic N) is 6. The zero-order chi connectivity index (χ0) is 21.9. The Morgan fingerprint density at radius 1 is 0.844 bits per heavy atom. The first kappa shape index (κ1) is 20.1. The third kappa shape index (κ3) is 4.02. The first-order valence-electron chi connectivity index (χ1n) is 9.87. The van der Waals surface area contributed by atoms with Crippen molar-refractivity contribution >= 4 is 22.7 Å². The molecule has 5 aromatic rings. The number of benzene rings is 3. The molecule has 0 spiro atoms. The summed E-state index contributed by atoms with van der Waals surface area (Å²) < 4.78 is 16.7. The number of hydrogen-bond acceptors (Lipinski definition) is 6. The van der Waals surface area contributed by atoms with Crippen molar-refractivity contribution in [3.05, 3.63) is 101 Å². The maximum atomic E-state index is 13.4. The summed E-state index contributed by atoms with van der Waals surface area (Å²) in [6.07, 6.45) is 0. The van der Waals surface area contributed by atoms with Gasteiger partial charge >= 0.3 is 0 Å². The molecular formula is C23H17FN6OS. The van der Waals surface area contributed by atoms with E-state index in [0.29, 0.717) is 28.4 Å². The Kier molecular flexibility index (Phi) is 5.47. The molecule has 32 heavy (non-hydrogen) atoms. The van der Waals surface area contributed by atoms with E-state index in [-0.39, 0.29) is 17.3 Å². The lowest BCUT2D eigenvalue weighted by molar-refractivity contribution is 0.627. The van der Waals surface area contributed by atoms with Gasteiger partial charge in [0.25, 0.3) is 5.56 Å². The third-order valence-electron chi connectivity index (χ3n) is 4.95. The maximum Gasteiger partial charge on any atom is 0.278 e. The van der Waals surface area contributed by atoms with E-state index in [0.717, 1.165) is 11.1 Å². The smallest absolute Gasteiger partial charge is 0.278 e. The Morgan fingerprint density at radius 3 is 2.41 bits per heavy atom. The molecule has 0 unspecified atom stereocenters. The highest BCUT2D eigenvalue weighted by Crippen LogP contribution is 2.26. The average molecular weight is 444 g/mol. The highest BCUT2D eigenvalue weighted by molar-refractivity contribution is 7.98. The second-order valence-electron chi connectivity index (χ2n) is 7.07. The van der Waals surface area contributed by atoms with Crippen LogP contribution in [0.2, 0.25) is 0 Å². The van der Waals surface area contributed by atoms with Gasteiger partial charge in [0.05, 0.1) is 17.8 Å². The van der Waals surface area contributed by atoms with Crippen LogP contribution in [0.15, 0.2) is 88.8 Å². The zero-order valence-corrected chi connectivity index (χ0v) is 17.6. The molecular weight excluding hydrogens is 427 g/mol. The van der Waals surface area contributed by atoms with Crippen LogP contribution in [0.3, 0.4) is 0 Å². The quantitative estimate of drug-likeness (QED) is 0.369. The first-order valence-corrected chi connectivity index (χ1v) is 10.9. The summed E-state index contributed by atoms with van der Waals surface area (Å²) in [5, 5.41) is 18.0. The minimum atomic E-state index is -0.313. The van der Waals surface area contributed by atoms with Crippen LogP contribution in [0, 0.1) is 5.82 Å². The molecule has 0 N–H and O–H groups in total. The van der Waals surface area contributed by atoms with Crippen molar-refractivity contribution in [3.8, 4) is 11.4 Å². The molecule has 7 nitrogen and oxygen atoms in total. The van der Waals surface area contributed by atoms with Crippen LogP contribution in [0.4, 0.5) is 4.39 Å². The summed E-state index contributed by atoms with van der Waals surface area (Å²) in [6, 6.07) is 23.2. The molecule has 0 saturated carbocycles. The van der Waals surface area contributed by atoms with Crippen molar-refractivity contribution in [3.63, 3.8) is 0 Å². The molecule has 0 atom stereocenters. The Labute approximate surface area is 186 Å². The van der Waals surface area contributed by atoms with Crippen molar-refractivity contribution in [2.45, 2.75) is 17.6 Å². The number of aromatic nitrogens is 6. The number of rotatable bonds is 6. The molecule has 2 heterocycles. The predicted octanol–water partition coefficient (Wildman–Crippen LogP) is 3.99. The lowest BCUT2D eigenvalue weighted by Crippen LogP contribution is -2.23. The number of fused-ring (bicyclic) bond motifs is 1. The molecule has 5 rings (SSSR count). The van der Waals surface area contributed by atoms with E-state index in [4.69, 9.17) is 0 Å². The molecule has 0 bridgehead atoms. The van der Waals surface area contributed by atoms with Gasteiger partial charge in [-0.25, -0.2) is 4.39 Å².